The van der Waals surface area contributed by atoms with Crippen LogP contribution in [0.5, 0.6) is 0 Å². The molecule has 0 aliphatic heterocycles. The van der Waals surface area contributed by atoms with E-state index in [1.54, 1.807) is 6.92 Å². The number of ether oxygens (including phenoxy) is 2. The largest absolute Gasteiger partial charge is 0.403 e. The minimum Gasteiger partial charge on any atom is -0.403 e. The molecule has 0 saturated heterocycles. The van der Waals surface area contributed by atoms with Crippen molar-refractivity contribution in [1.29, 1.82) is 0 Å². The highest BCUT2D eigenvalue weighted by Crippen LogP contribution is 2.40. The highest BCUT2D eigenvalue weighted by molar-refractivity contribution is 6.74. The second-order valence-electron chi connectivity index (χ2n) is 9.00. The van der Waals surface area contributed by atoms with E-state index in [9.17, 15) is 9.90 Å². The zero-order valence-electron chi connectivity index (χ0n) is 19.4. The summed E-state index contributed by atoms with van der Waals surface area (Å²) >= 11 is 0. The summed E-state index contributed by atoms with van der Waals surface area (Å²) in [5.74, 6) is -0.714. The minimum absolute atomic E-state index is 0.0306. The van der Waals surface area contributed by atoms with Gasteiger partial charge in [-0.3, -0.25) is 4.79 Å². The molecular formula is C23H40O5Si. The highest BCUT2D eigenvalue weighted by atomic mass is 28.4. The second kappa shape index (κ2) is 11.4. The first-order valence-electron chi connectivity index (χ1n) is 10.6. The van der Waals surface area contributed by atoms with Crippen molar-refractivity contribution in [3.05, 3.63) is 35.9 Å². The summed E-state index contributed by atoms with van der Waals surface area (Å²) in [7, 11) is -2.20. The van der Waals surface area contributed by atoms with Gasteiger partial charge < -0.3 is 19.0 Å². The molecule has 1 aromatic rings. The lowest BCUT2D eigenvalue weighted by atomic mass is 9.91. The average molecular weight is 425 g/mol. The highest BCUT2D eigenvalue weighted by Gasteiger charge is 2.42. The molecule has 0 unspecified atom stereocenters. The van der Waals surface area contributed by atoms with Gasteiger partial charge in [0.2, 0.25) is 0 Å². The topological polar surface area (TPSA) is 65.0 Å². The maximum atomic E-state index is 13.4. The molecule has 0 saturated carbocycles. The zero-order chi connectivity index (χ0) is 22.2. The summed E-state index contributed by atoms with van der Waals surface area (Å²) in [5.41, 5.74) is 0.826. The van der Waals surface area contributed by atoms with Crippen molar-refractivity contribution in [3.63, 3.8) is 0 Å². The van der Waals surface area contributed by atoms with E-state index in [0.717, 1.165) is 5.56 Å². The van der Waals surface area contributed by atoms with Crippen molar-refractivity contribution < 1.29 is 23.8 Å². The monoisotopic (exact) mass is 424 g/mol. The summed E-state index contributed by atoms with van der Waals surface area (Å²) in [6, 6.07) is 9.57. The van der Waals surface area contributed by atoms with Gasteiger partial charge in [0.25, 0.3) is 0 Å². The Morgan fingerprint density at radius 1 is 1.07 bits per heavy atom. The molecule has 5 nitrogen and oxygen atoms in total. The van der Waals surface area contributed by atoms with Crippen molar-refractivity contribution >= 4 is 14.1 Å². The average Bonchev–Trinajstić information content (AvgIpc) is 2.65. The van der Waals surface area contributed by atoms with E-state index in [0.29, 0.717) is 13.2 Å². The summed E-state index contributed by atoms with van der Waals surface area (Å²) < 4.78 is 17.6. The number of hydrogen-bond donors (Lipinski definition) is 1. The molecule has 1 rings (SSSR count). The zero-order valence-corrected chi connectivity index (χ0v) is 20.4. The molecule has 1 aromatic carbocycles. The lowest BCUT2D eigenvalue weighted by Crippen LogP contribution is -2.45. The van der Waals surface area contributed by atoms with E-state index in [4.69, 9.17) is 13.9 Å². The van der Waals surface area contributed by atoms with E-state index in [1.807, 2.05) is 44.2 Å². The Morgan fingerprint density at radius 3 is 2.03 bits per heavy atom. The Morgan fingerprint density at radius 2 is 1.59 bits per heavy atom. The third kappa shape index (κ3) is 7.61. The van der Waals surface area contributed by atoms with E-state index >= 15 is 0 Å². The molecule has 0 spiro atoms. The number of hydrogen-bond acceptors (Lipinski definition) is 5. The molecule has 0 aromatic heterocycles. The fourth-order valence-corrected chi connectivity index (χ4v) is 3.97. The van der Waals surface area contributed by atoms with Crippen LogP contribution in [0.15, 0.2) is 30.3 Å². The van der Waals surface area contributed by atoms with E-state index < -0.39 is 32.7 Å². The molecule has 6 heteroatoms. The third-order valence-corrected chi connectivity index (χ3v) is 10.2. The molecule has 0 aliphatic rings. The van der Waals surface area contributed by atoms with Crippen LogP contribution in [0, 0.1) is 5.92 Å². The van der Waals surface area contributed by atoms with Gasteiger partial charge in [-0.2, -0.15) is 0 Å². The first kappa shape index (κ1) is 26.0. The van der Waals surface area contributed by atoms with Crippen molar-refractivity contribution in [2.24, 2.45) is 5.92 Å². The van der Waals surface area contributed by atoms with Crippen molar-refractivity contribution in [2.75, 3.05) is 13.2 Å². The molecule has 0 amide bonds. The Labute approximate surface area is 177 Å². The molecule has 29 heavy (non-hydrogen) atoms. The van der Waals surface area contributed by atoms with Crippen LogP contribution in [0.25, 0.3) is 0 Å². The normalized spacial score (nSPS) is 15.9. The van der Waals surface area contributed by atoms with Crippen LogP contribution >= 0.6 is 0 Å². The van der Waals surface area contributed by atoms with E-state index in [-0.39, 0.29) is 17.2 Å². The Kier molecular flexibility index (Phi) is 10.2. The maximum absolute atomic E-state index is 13.4. The van der Waals surface area contributed by atoms with Crippen LogP contribution in [0.4, 0.5) is 0 Å². The molecule has 166 valence electrons. The molecule has 0 fully saturated rings. The first-order valence-corrected chi connectivity index (χ1v) is 13.5. The summed E-state index contributed by atoms with van der Waals surface area (Å²) in [5, 5.41) is 10.7. The number of ketones is 1. The molecule has 0 bridgehead atoms. The first-order chi connectivity index (χ1) is 13.4. The second-order valence-corrected chi connectivity index (χ2v) is 13.8. The van der Waals surface area contributed by atoms with Gasteiger partial charge >= 0.3 is 0 Å². The fraction of sp³-hybridized carbons (Fsp3) is 0.696. The number of carbonyl (C=O) groups is 1. The van der Waals surface area contributed by atoms with Crippen molar-refractivity contribution in [1.82, 2.24) is 0 Å². The van der Waals surface area contributed by atoms with Gasteiger partial charge in [-0.25, -0.2) is 0 Å². The van der Waals surface area contributed by atoms with E-state index in [2.05, 4.69) is 33.9 Å². The number of Topliss-reactive ketones (excluding diaryl/α,β-unsaturated/α-hetero) is 1. The Balaban J connectivity index is 3.07. The van der Waals surface area contributed by atoms with Gasteiger partial charge in [0, 0.05) is 25.6 Å². The van der Waals surface area contributed by atoms with Crippen LogP contribution in [-0.2, 0) is 18.7 Å². The van der Waals surface area contributed by atoms with Gasteiger partial charge in [0.1, 0.15) is 6.10 Å². The van der Waals surface area contributed by atoms with Gasteiger partial charge in [0.15, 0.2) is 20.4 Å². The van der Waals surface area contributed by atoms with Crippen LogP contribution < -0.4 is 0 Å². The lowest BCUT2D eigenvalue weighted by molar-refractivity contribution is -0.159. The Hall–Kier alpha value is -1.05. The number of carbonyl (C=O) groups excluding carboxylic acids is 1. The van der Waals surface area contributed by atoms with Gasteiger partial charge in [0.05, 0.1) is 6.10 Å². The van der Waals surface area contributed by atoms with Gasteiger partial charge in [-0.05, 0) is 37.5 Å². The standard InChI is InChI=1S/C23H40O5Si/c1-9-26-20(27-10-2)16-19(24)17(3)21(25)22(18-14-12-11-13-15-18)28-29(7,8)23(4,5)6/h11-15,17,19-20,22,24H,9-10,16H2,1-8H3/t17-,19+,22+/m0/s1. The molecule has 0 heterocycles. The predicted octanol–water partition coefficient (Wildman–Crippen LogP) is 5.10. The third-order valence-electron chi connectivity index (χ3n) is 5.74. The van der Waals surface area contributed by atoms with Gasteiger partial charge in [-0.1, -0.05) is 58.0 Å². The summed E-state index contributed by atoms with van der Waals surface area (Å²) in [6.45, 7) is 17.2. The number of aliphatic hydroxyl groups is 1. The maximum Gasteiger partial charge on any atom is 0.193 e. The van der Waals surface area contributed by atoms with Crippen LogP contribution in [0.3, 0.4) is 0 Å². The number of benzene rings is 1. The van der Waals surface area contributed by atoms with Crippen molar-refractivity contribution in [2.45, 2.75) is 84.6 Å². The van der Waals surface area contributed by atoms with Crippen LogP contribution in [-0.4, -0.2) is 44.8 Å². The predicted molar refractivity (Wildman–Crippen MR) is 119 cm³/mol. The van der Waals surface area contributed by atoms with Crippen LogP contribution in [0.1, 0.15) is 59.6 Å². The quantitative estimate of drug-likeness (QED) is 0.373. The van der Waals surface area contributed by atoms with E-state index in [1.165, 1.54) is 0 Å². The molecule has 3 atom stereocenters. The molecule has 0 aliphatic carbocycles. The minimum atomic E-state index is -2.20. The smallest absolute Gasteiger partial charge is 0.193 e. The van der Waals surface area contributed by atoms with Crippen LogP contribution in [0.2, 0.25) is 18.1 Å². The number of aliphatic hydroxyl groups excluding tert-OH is 1. The molecular weight excluding hydrogens is 384 g/mol. The Bertz CT molecular complexity index is 605. The molecule has 1 N–H and O–H groups in total. The fourth-order valence-electron chi connectivity index (χ4n) is 2.78. The molecule has 0 radical (unpaired) electrons. The SMILES string of the molecule is CCOC(C[C@@H](O)[C@H](C)C(=O)[C@H](O[Si](C)(C)C(C)(C)C)c1ccccc1)OCC. The summed E-state index contributed by atoms with van der Waals surface area (Å²) in [6.07, 6.45) is -1.85. The number of rotatable bonds is 12. The van der Waals surface area contributed by atoms with Gasteiger partial charge in [-0.15, -0.1) is 0 Å². The van der Waals surface area contributed by atoms with Crippen molar-refractivity contribution in [3.8, 4) is 0 Å². The summed E-state index contributed by atoms with van der Waals surface area (Å²) in [4.78, 5) is 13.4. The lowest BCUT2D eigenvalue weighted by Gasteiger charge is -2.39.